The number of ether oxygens (including phenoxy) is 1. The monoisotopic (exact) mass is 533 g/mol. The first-order chi connectivity index (χ1) is 18.1. The number of nitrogens with zero attached hydrogens (tertiary/aromatic N) is 1. The minimum atomic E-state index is -0.218. The van der Waals surface area contributed by atoms with E-state index in [1.165, 1.54) is 58.5 Å². The van der Waals surface area contributed by atoms with Crippen LogP contribution in [0.1, 0.15) is 97.8 Å². The molecule has 10 atom stereocenters. The van der Waals surface area contributed by atoms with E-state index in [2.05, 4.69) is 38.0 Å². The number of hydrogen-bond donors (Lipinski definition) is 3. The predicted molar refractivity (Wildman–Crippen MR) is 155 cm³/mol. The van der Waals surface area contributed by atoms with Crippen molar-refractivity contribution in [1.29, 1.82) is 0 Å². The molecule has 38 heavy (non-hydrogen) atoms. The second kappa shape index (κ2) is 12.9. The summed E-state index contributed by atoms with van der Waals surface area (Å²) in [6, 6.07) is 0.657. The summed E-state index contributed by atoms with van der Waals surface area (Å²) >= 11 is 0. The van der Waals surface area contributed by atoms with E-state index in [1.54, 1.807) is 0 Å². The Morgan fingerprint density at radius 2 is 1.87 bits per heavy atom. The molecule has 4 fully saturated rings. The van der Waals surface area contributed by atoms with Crippen LogP contribution in [0.2, 0.25) is 0 Å². The van der Waals surface area contributed by atoms with E-state index in [-0.39, 0.29) is 17.5 Å². The standard InChI is InChI=1S/C32H59N3O3/c1-22(8-13-30(37)38-5)26-11-12-27-25-10-9-23-20-24(34-17-7-19-35(4)18-6-16-33)14-15-31(23,2)28(25)21-29(36)32(26,27)3/h22-29,34,36H,6-21,33H2,1-5H3/t22-,23?,24+,25?,26?,27?,28?,29+,31+,32-/m1/s1. The molecule has 0 aliphatic heterocycles. The normalized spacial score (nSPS) is 41.3. The van der Waals surface area contributed by atoms with Crippen LogP contribution in [0.4, 0.5) is 0 Å². The number of nitrogens with one attached hydrogen (secondary N) is 1. The van der Waals surface area contributed by atoms with Crippen molar-refractivity contribution in [3.8, 4) is 0 Å². The number of esters is 1. The quantitative estimate of drug-likeness (QED) is 0.246. The van der Waals surface area contributed by atoms with Crippen molar-refractivity contribution in [1.82, 2.24) is 10.2 Å². The minimum absolute atomic E-state index is 0.00400. The molecule has 4 N–H and O–H groups in total. The van der Waals surface area contributed by atoms with Crippen LogP contribution in [0.5, 0.6) is 0 Å². The minimum Gasteiger partial charge on any atom is -0.469 e. The van der Waals surface area contributed by atoms with Crippen LogP contribution in [-0.2, 0) is 9.53 Å². The van der Waals surface area contributed by atoms with Crippen LogP contribution in [-0.4, -0.2) is 68.5 Å². The lowest BCUT2D eigenvalue weighted by atomic mass is 9.43. The van der Waals surface area contributed by atoms with Gasteiger partial charge in [-0.05, 0) is 150 Å². The van der Waals surface area contributed by atoms with Gasteiger partial charge in [-0.1, -0.05) is 20.8 Å². The van der Waals surface area contributed by atoms with Crippen molar-refractivity contribution in [2.24, 2.45) is 52.1 Å². The van der Waals surface area contributed by atoms with Crippen molar-refractivity contribution in [3.05, 3.63) is 0 Å². The lowest BCUT2D eigenvalue weighted by Gasteiger charge is -2.62. The Bertz CT molecular complexity index is 779. The van der Waals surface area contributed by atoms with E-state index in [4.69, 9.17) is 10.5 Å². The summed E-state index contributed by atoms with van der Waals surface area (Å²) in [6.45, 7) is 11.4. The molecular formula is C32H59N3O3. The third-order valence-electron chi connectivity index (χ3n) is 12.5. The summed E-state index contributed by atoms with van der Waals surface area (Å²) in [5.74, 6) is 3.69. The lowest BCUT2D eigenvalue weighted by Crippen LogP contribution is -2.59. The number of aliphatic hydroxyl groups is 1. The van der Waals surface area contributed by atoms with Crippen molar-refractivity contribution in [2.75, 3.05) is 40.3 Å². The Hall–Kier alpha value is -0.690. The summed E-state index contributed by atoms with van der Waals surface area (Å²) in [5.41, 5.74) is 6.02. The van der Waals surface area contributed by atoms with Gasteiger partial charge in [0.1, 0.15) is 0 Å². The number of fused-ring (bicyclic) bond motifs is 5. The maximum Gasteiger partial charge on any atom is 0.305 e. The van der Waals surface area contributed by atoms with Gasteiger partial charge in [-0.25, -0.2) is 0 Å². The fourth-order valence-corrected chi connectivity index (χ4v) is 10.1. The zero-order chi connectivity index (χ0) is 27.5. The number of aliphatic hydroxyl groups excluding tert-OH is 1. The van der Waals surface area contributed by atoms with E-state index in [1.807, 2.05) is 0 Å². The number of nitrogens with two attached hydrogens (primary N) is 1. The van der Waals surface area contributed by atoms with Gasteiger partial charge in [0.05, 0.1) is 13.2 Å². The Balaban J connectivity index is 1.33. The number of hydrogen-bond acceptors (Lipinski definition) is 6. The molecule has 0 saturated heterocycles. The maximum absolute atomic E-state index is 11.8. The van der Waals surface area contributed by atoms with Crippen molar-refractivity contribution in [3.63, 3.8) is 0 Å². The Morgan fingerprint density at radius 1 is 1.11 bits per heavy atom. The molecule has 4 aliphatic rings. The highest BCUT2D eigenvalue weighted by molar-refractivity contribution is 5.69. The zero-order valence-corrected chi connectivity index (χ0v) is 25.2. The van der Waals surface area contributed by atoms with Crippen LogP contribution in [0.15, 0.2) is 0 Å². The molecule has 4 rings (SSSR count). The Morgan fingerprint density at radius 3 is 2.61 bits per heavy atom. The molecule has 4 saturated carbocycles. The summed E-state index contributed by atoms with van der Waals surface area (Å²) in [7, 11) is 3.69. The van der Waals surface area contributed by atoms with E-state index in [0.29, 0.717) is 41.5 Å². The van der Waals surface area contributed by atoms with E-state index >= 15 is 0 Å². The molecule has 0 aromatic carbocycles. The molecule has 5 unspecified atom stereocenters. The smallest absolute Gasteiger partial charge is 0.305 e. The fraction of sp³-hybridized carbons (Fsp3) is 0.969. The average molecular weight is 534 g/mol. The van der Waals surface area contributed by atoms with Gasteiger partial charge < -0.3 is 25.8 Å². The first-order valence-electron chi connectivity index (χ1n) is 16.0. The van der Waals surface area contributed by atoms with Crippen LogP contribution >= 0.6 is 0 Å². The molecule has 0 bridgehead atoms. The van der Waals surface area contributed by atoms with E-state index in [9.17, 15) is 9.90 Å². The molecule has 220 valence electrons. The topological polar surface area (TPSA) is 87.8 Å². The Kier molecular flexibility index (Phi) is 10.3. The maximum atomic E-state index is 11.8. The molecule has 0 heterocycles. The third-order valence-corrected chi connectivity index (χ3v) is 12.5. The molecular weight excluding hydrogens is 474 g/mol. The van der Waals surface area contributed by atoms with Gasteiger partial charge >= 0.3 is 5.97 Å². The SMILES string of the molecule is COC(=O)CC[C@@H](C)C1CCC2C3CCC4C[C@@H](NCCCN(C)CCCN)CC[C@]4(C)C3C[C@H](O)[C@@]21C. The second-order valence-electron chi connectivity index (χ2n) is 14.3. The fourth-order valence-electron chi connectivity index (χ4n) is 10.1. The summed E-state index contributed by atoms with van der Waals surface area (Å²) in [4.78, 5) is 14.2. The van der Waals surface area contributed by atoms with E-state index in [0.717, 1.165) is 57.3 Å². The van der Waals surface area contributed by atoms with Crippen LogP contribution < -0.4 is 11.1 Å². The lowest BCUT2D eigenvalue weighted by molar-refractivity contribution is -0.170. The van der Waals surface area contributed by atoms with E-state index < -0.39 is 0 Å². The number of methoxy groups -OCH3 is 1. The highest BCUT2D eigenvalue weighted by atomic mass is 16.5. The van der Waals surface area contributed by atoms with Crippen LogP contribution in [0.3, 0.4) is 0 Å². The largest absolute Gasteiger partial charge is 0.469 e. The highest BCUT2D eigenvalue weighted by Gasteiger charge is 2.63. The van der Waals surface area contributed by atoms with Crippen molar-refractivity contribution >= 4 is 5.97 Å². The number of rotatable bonds is 12. The van der Waals surface area contributed by atoms with Gasteiger partial charge in [0.25, 0.3) is 0 Å². The van der Waals surface area contributed by atoms with Crippen molar-refractivity contribution in [2.45, 2.75) is 110 Å². The third kappa shape index (κ3) is 5.99. The molecule has 0 amide bonds. The summed E-state index contributed by atoms with van der Waals surface area (Å²) < 4.78 is 4.91. The molecule has 0 spiro atoms. The van der Waals surface area contributed by atoms with Crippen LogP contribution in [0.25, 0.3) is 0 Å². The van der Waals surface area contributed by atoms with Gasteiger partial charge in [-0.2, -0.15) is 0 Å². The molecule has 0 radical (unpaired) electrons. The first kappa shape index (κ1) is 30.3. The summed E-state index contributed by atoms with van der Waals surface area (Å²) in [6.07, 6.45) is 13.5. The van der Waals surface area contributed by atoms with Gasteiger partial charge in [0, 0.05) is 12.5 Å². The van der Waals surface area contributed by atoms with Gasteiger partial charge in [0.15, 0.2) is 0 Å². The zero-order valence-electron chi connectivity index (χ0n) is 25.2. The average Bonchev–Trinajstić information content (AvgIpc) is 3.27. The van der Waals surface area contributed by atoms with Gasteiger partial charge in [-0.3, -0.25) is 4.79 Å². The highest BCUT2D eigenvalue weighted by Crippen LogP contribution is 2.68. The first-order valence-corrected chi connectivity index (χ1v) is 16.0. The molecule has 0 aromatic heterocycles. The molecule has 0 aromatic rings. The van der Waals surface area contributed by atoms with Crippen LogP contribution in [0, 0.1) is 46.3 Å². The van der Waals surface area contributed by atoms with Crippen molar-refractivity contribution < 1.29 is 14.6 Å². The molecule has 4 aliphatic carbocycles. The number of carbonyl (C=O) groups excluding carboxylic acids is 1. The second-order valence-corrected chi connectivity index (χ2v) is 14.3. The summed E-state index contributed by atoms with van der Waals surface area (Å²) in [5, 5.41) is 15.7. The van der Waals surface area contributed by atoms with Gasteiger partial charge in [0.2, 0.25) is 0 Å². The predicted octanol–water partition coefficient (Wildman–Crippen LogP) is 4.83. The molecule has 6 heteroatoms. The van der Waals surface area contributed by atoms with Gasteiger partial charge in [-0.15, -0.1) is 0 Å². The Labute approximate surface area is 233 Å². The molecule has 6 nitrogen and oxygen atoms in total. The number of carbonyl (C=O) groups is 1.